The highest BCUT2D eigenvalue weighted by Crippen LogP contribution is 2.19. The van der Waals surface area contributed by atoms with Gasteiger partial charge in [-0.15, -0.1) is 0 Å². The summed E-state index contributed by atoms with van der Waals surface area (Å²) in [7, 11) is 0. The second-order valence-corrected chi connectivity index (χ2v) is 3.07. The highest BCUT2D eigenvalue weighted by molar-refractivity contribution is 4.78. The van der Waals surface area contributed by atoms with Crippen molar-refractivity contribution >= 4 is 0 Å². The van der Waals surface area contributed by atoms with Gasteiger partial charge in [0.25, 0.3) is 0 Å². The Morgan fingerprint density at radius 3 is 2.56 bits per heavy atom. The van der Waals surface area contributed by atoms with E-state index in [1.807, 2.05) is 0 Å². The molecule has 1 heterocycles. The van der Waals surface area contributed by atoms with Crippen molar-refractivity contribution < 1.29 is 9.84 Å². The summed E-state index contributed by atoms with van der Waals surface area (Å²) >= 11 is 0. The third-order valence-electron chi connectivity index (χ3n) is 1.50. The predicted molar refractivity (Wildman–Crippen MR) is 35.2 cm³/mol. The van der Waals surface area contributed by atoms with Crippen molar-refractivity contribution in [1.29, 1.82) is 0 Å². The molecule has 0 aromatic carbocycles. The summed E-state index contributed by atoms with van der Waals surface area (Å²) < 4.78 is 4.92. The van der Waals surface area contributed by atoms with Gasteiger partial charge in [-0.2, -0.15) is 0 Å². The van der Waals surface area contributed by atoms with E-state index in [0.29, 0.717) is 5.92 Å². The van der Waals surface area contributed by atoms with Gasteiger partial charge in [-0.05, 0) is 12.3 Å². The minimum Gasteiger partial charge on any atom is -0.390 e. The summed E-state index contributed by atoms with van der Waals surface area (Å²) in [5, 5.41) is 9.23. The molecule has 0 bridgehead atoms. The summed E-state index contributed by atoms with van der Waals surface area (Å²) in [6.07, 6.45) is 0.808. The maximum Gasteiger partial charge on any atom is 0.107 e. The first-order valence-electron chi connectivity index (χ1n) is 3.50. The Kier molecular flexibility index (Phi) is 2.09. The van der Waals surface area contributed by atoms with Crippen molar-refractivity contribution in [3.05, 3.63) is 0 Å². The van der Waals surface area contributed by atoms with Gasteiger partial charge in [0.15, 0.2) is 0 Å². The van der Waals surface area contributed by atoms with E-state index in [1.165, 1.54) is 0 Å². The number of hydrogen-bond donors (Lipinski definition) is 1. The Balaban J connectivity index is 2.10. The van der Waals surface area contributed by atoms with Crippen LogP contribution in [-0.4, -0.2) is 23.9 Å². The Labute approximate surface area is 55.8 Å². The molecule has 2 nitrogen and oxygen atoms in total. The van der Waals surface area contributed by atoms with Gasteiger partial charge in [-0.1, -0.05) is 13.8 Å². The smallest absolute Gasteiger partial charge is 0.107 e. The average Bonchev–Trinajstić information content (AvgIpc) is 2.40. The lowest BCUT2D eigenvalue weighted by atomic mass is 10.0. The fourth-order valence-corrected chi connectivity index (χ4v) is 0.912. The Bertz CT molecular complexity index is 86.9. The maximum absolute atomic E-state index is 9.23. The van der Waals surface area contributed by atoms with Crippen LogP contribution in [0.5, 0.6) is 0 Å². The van der Waals surface area contributed by atoms with Gasteiger partial charge in [-0.3, -0.25) is 0 Å². The summed E-state index contributed by atoms with van der Waals surface area (Å²) in [6, 6.07) is 0. The van der Waals surface area contributed by atoms with E-state index in [9.17, 15) is 5.11 Å². The molecule has 2 atom stereocenters. The molecule has 1 aliphatic heterocycles. The SMILES string of the molecule is CC(C)CC(O)C1CO1. The Morgan fingerprint density at radius 1 is 1.67 bits per heavy atom. The Hall–Kier alpha value is -0.0800. The molecular weight excluding hydrogens is 116 g/mol. The van der Waals surface area contributed by atoms with Crippen LogP contribution in [0.1, 0.15) is 20.3 Å². The summed E-state index contributed by atoms with van der Waals surface area (Å²) in [5.74, 6) is 0.573. The molecule has 2 heteroatoms. The summed E-state index contributed by atoms with van der Waals surface area (Å²) in [6.45, 7) is 4.96. The highest BCUT2D eigenvalue weighted by atomic mass is 16.6. The van der Waals surface area contributed by atoms with Crippen molar-refractivity contribution in [1.82, 2.24) is 0 Å². The lowest BCUT2D eigenvalue weighted by Gasteiger charge is -2.08. The number of aliphatic hydroxyl groups excluding tert-OH is 1. The normalized spacial score (nSPS) is 28.7. The van der Waals surface area contributed by atoms with Crippen LogP contribution in [0.15, 0.2) is 0 Å². The van der Waals surface area contributed by atoms with Crippen LogP contribution in [-0.2, 0) is 4.74 Å². The van der Waals surface area contributed by atoms with Gasteiger partial charge >= 0.3 is 0 Å². The van der Waals surface area contributed by atoms with Gasteiger partial charge in [0, 0.05) is 0 Å². The zero-order valence-corrected chi connectivity index (χ0v) is 6.00. The second-order valence-electron chi connectivity index (χ2n) is 3.07. The lowest BCUT2D eigenvalue weighted by molar-refractivity contribution is 0.113. The molecule has 0 aromatic heterocycles. The van der Waals surface area contributed by atoms with Crippen molar-refractivity contribution in [2.75, 3.05) is 6.61 Å². The molecule has 54 valence electrons. The van der Waals surface area contributed by atoms with Gasteiger partial charge in [0.05, 0.1) is 12.7 Å². The summed E-state index contributed by atoms with van der Waals surface area (Å²) in [4.78, 5) is 0. The van der Waals surface area contributed by atoms with Gasteiger partial charge < -0.3 is 9.84 Å². The molecule has 0 radical (unpaired) electrons. The molecule has 0 spiro atoms. The van der Waals surface area contributed by atoms with Crippen LogP contribution in [0.25, 0.3) is 0 Å². The van der Waals surface area contributed by atoms with Crippen LogP contribution >= 0.6 is 0 Å². The van der Waals surface area contributed by atoms with E-state index in [1.54, 1.807) is 0 Å². The Morgan fingerprint density at radius 2 is 2.22 bits per heavy atom. The number of hydrogen-bond acceptors (Lipinski definition) is 2. The molecule has 0 saturated carbocycles. The van der Waals surface area contributed by atoms with E-state index >= 15 is 0 Å². The fraction of sp³-hybridized carbons (Fsp3) is 1.00. The van der Waals surface area contributed by atoms with Crippen LogP contribution < -0.4 is 0 Å². The molecular formula is C7H14O2. The molecule has 1 aliphatic rings. The van der Waals surface area contributed by atoms with Crippen LogP contribution in [0.2, 0.25) is 0 Å². The first kappa shape index (κ1) is 7.03. The molecule has 1 rings (SSSR count). The molecule has 1 saturated heterocycles. The fourth-order valence-electron chi connectivity index (χ4n) is 0.912. The van der Waals surface area contributed by atoms with Crippen molar-refractivity contribution in [3.8, 4) is 0 Å². The molecule has 1 N–H and O–H groups in total. The van der Waals surface area contributed by atoms with Crippen LogP contribution in [0, 0.1) is 5.92 Å². The third kappa shape index (κ3) is 2.33. The largest absolute Gasteiger partial charge is 0.390 e. The van der Waals surface area contributed by atoms with Crippen molar-refractivity contribution in [2.45, 2.75) is 32.5 Å². The van der Waals surface area contributed by atoms with E-state index < -0.39 is 0 Å². The highest BCUT2D eigenvalue weighted by Gasteiger charge is 2.31. The lowest BCUT2D eigenvalue weighted by Crippen LogP contribution is -2.16. The molecule has 0 amide bonds. The first-order valence-corrected chi connectivity index (χ1v) is 3.50. The topological polar surface area (TPSA) is 32.8 Å². The minimum absolute atomic E-state index is 0.160. The van der Waals surface area contributed by atoms with E-state index in [2.05, 4.69) is 13.8 Å². The average molecular weight is 130 g/mol. The van der Waals surface area contributed by atoms with Gasteiger partial charge in [0.1, 0.15) is 6.10 Å². The standard InChI is InChI=1S/C7H14O2/c1-5(2)3-6(8)7-4-9-7/h5-8H,3-4H2,1-2H3. The number of ether oxygens (including phenoxy) is 1. The van der Waals surface area contributed by atoms with E-state index in [4.69, 9.17) is 4.74 Å². The van der Waals surface area contributed by atoms with Crippen molar-refractivity contribution in [3.63, 3.8) is 0 Å². The monoisotopic (exact) mass is 130 g/mol. The second kappa shape index (κ2) is 2.67. The zero-order chi connectivity index (χ0) is 6.85. The van der Waals surface area contributed by atoms with Crippen molar-refractivity contribution in [2.24, 2.45) is 5.92 Å². The number of aliphatic hydroxyl groups is 1. The number of rotatable bonds is 3. The summed E-state index contributed by atoms with van der Waals surface area (Å²) in [5.41, 5.74) is 0. The first-order chi connectivity index (χ1) is 4.20. The molecule has 0 aliphatic carbocycles. The predicted octanol–water partition coefficient (Wildman–Crippen LogP) is 0.792. The molecule has 1 fully saturated rings. The van der Waals surface area contributed by atoms with E-state index in [-0.39, 0.29) is 12.2 Å². The van der Waals surface area contributed by atoms with Crippen LogP contribution in [0.3, 0.4) is 0 Å². The third-order valence-corrected chi connectivity index (χ3v) is 1.50. The molecule has 2 unspecified atom stereocenters. The number of epoxide rings is 1. The van der Waals surface area contributed by atoms with Crippen LogP contribution in [0.4, 0.5) is 0 Å². The molecule has 0 aromatic rings. The van der Waals surface area contributed by atoms with Gasteiger partial charge in [-0.25, -0.2) is 0 Å². The zero-order valence-electron chi connectivity index (χ0n) is 6.00. The molecule has 9 heavy (non-hydrogen) atoms. The van der Waals surface area contributed by atoms with E-state index in [0.717, 1.165) is 13.0 Å². The maximum atomic E-state index is 9.23. The minimum atomic E-state index is -0.218. The van der Waals surface area contributed by atoms with Gasteiger partial charge in [0.2, 0.25) is 0 Å². The quantitative estimate of drug-likeness (QED) is 0.573.